The van der Waals surface area contributed by atoms with Gasteiger partial charge in [0, 0.05) is 38.8 Å². The van der Waals surface area contributed by atoms with Crippen LogP contribution < -0.4 is 5.32 Å². The maximum Gasteiger partial charge on any atom is 0.271 e. The molecule has 2 amide bonds. The zero-order chi connectivity index (χ0) is 25.1. The lowest BCUT2D eigenvalue weighted by molar-refractivity contribution is -0.133. The molecule has 1 unspecified atom stereocenters. The molecule has 4 heterocycles. The van der Waals surface area contributed by atoms with E-state index in [0.29, 0.717) is 24.5 Å². The van der Waals surface area contributed by atoms with Crippen LogP contribution in [0.1, 0.15) is 62.9 Å². The van der Waals surface area contributed by atoms with Crippen molar-refractivity contribution in [2.45, 2.75) is 70.5 Å². The molecule has 3 aliphatic rings. The first-order valence-corrected chi connectivity index (χ1v) is 13.8. The van der Waals surface area contributed by atoms with E-state index >= 15 is 0 Å². The van der Waals surface area contributed by atoms with Gasteiger partial charge in [-0.05, 0) is 70.0 Å². The minimum Gasteiger partial charge on any atom is -0.463 e. The lowest BCUT2D eigenvalue weighted by Gasteiger charge is -2.45. The highest BCUT2D eigenvalue weighted by molar-refractivity contribution is 6.00. The monoisotopic (exact) mass is 495 g/mol. The van der Waals surface area contributed by atoms with Crippen molar-refractivity contribution < 1.29 is 14.0 Å². The number of carbonyl (C=O) groups is 2. The average molecular weight is 496 g/mol. The Balaban J connectivity index is 1.32. The number of rotatable bonds is 9. The Morgan fingerprint density at radius 2 is 1.72 bits per heavy atom. The Kier molecular flexibility index (Phi) is 7.53. The Bertz CT molecular complexity index is 1030. The summed E-state index contributed by atoms with van der Waals surface area (Å²) in [5.74, 6) is 0.597. The standard InChI is InChI=1S/C28H41N5O3/c1-3-13-30-16-18-31(19-17-30)14-7-15-33-26(34)24-12-11-23(25-10-6-20-36-25)32(24)21-28(33,2)27(35)29-22-8-4-5-9-22/h6,10-12,20,22H,3-5,7-9,13-19,21H2,1-2H3,(H,29,35). The molecule has 1 atom stereocenters. The number of nitrogens with one attached hydrogen (secondary N) is 1. The Morgan fingerprint density at radius 1 is 1.03 bits per heavy atom. The molecular weight excluding hydrogens is 454 g/mol. The van der Waals surface area contributed by atoms with Crippen molar-refractivity contribution in [3.05, 3.63) is 36.2 Å². The first-order chi connectivity index (χ1) is 17.5. The molecule has 36 heavy (non-hydrogen) atoms. The van der Waals surface area contributed by atoms with Gasteiger partial charge in [-0.25, -0.2) is 0 Å². The van der Waals surface area contributed by atoms with Crippen molar-refractivity contribution in [3.63, 3.8) is 0 Å². The number of piperazine rings is 1. The molecule has 2 aliphatic heterocycles. The molecule has 196 valence electrons. The molecule has 2 aromatic heterocycles. The van der Waals surface area contributed by atoms with Crippen molar-refractivity contribution in [1.29, 1.82) is 0 Å². The number of amides is 2. The van der Waals surface area contributed by atoms with Gasteiger partial charge in [-0.15, -0.1) is 0 Å². The molecule has 0 bridgehead atoms. The molecule has 0 spiro atoms. The highest BCUT2D eigenvalue weighted by atomic mass is 16.3. The molecular formula is C28H41N5O3. The molecule has 2 fully saturated rings. The number of fused-ring (bicyclic) bond motifs is 1. The van der Waals surface area contributed by atoms with E-state index < -0.39 is 5.54 Å². The van der Waals surface area contributed by atoms with Crippen LogP contribution in [0.25, 0.3) is 11.5 Å². The molecule has 8 nitrogen and oxygen atoms in total. The highest BCUT2D eigenvalue weighted by Crippen LogP contribution is 2.34. The Hall–Kier alpha value is -2.58. The van der Waals surface area contributed by atoms with E-state index in [9.17, 15) is 9.59 Å². The maximum atomic E-state index is 13.8. The predicted molar refractivity (Wildman–Crippen MR) is 140 cm³/mol. The van der Waals surface area contributed by atoms with E-state index in [1.165, 1.54) is 13.0 Å². The first kappa shape index (κ1) is 25.1. The minimum absolute atomic E-state index is 0.0410. The summed E-state index contributed by atoms with van der Waals surface area (Å²) in [6.07, 6.45) is 8.04. The van der Waals surface area contributed by atoms with Crippen LogP contribution in [0.4, 0.5) is 0 Å². The van der Waals surface area contributed by atoms with Crippen LogP contribution >= 0.6 is 0 Å². The molecule has 0 radical (unpaired) electrons. The third-order valence-electron chi connectivity index (χ3n) is 8.32. The van der Waals surface area contributed by atoms with Crippen LogP contribution in [0, 0.1) is 0 Å². The van der Waals surface area contributed by atoms with Gasteiger partial charge in [0.15, 0.2) is 0 Å². The lowest BCUT2D eigenvalue weighted by Crippen LogP contribution is -2.65. The quantitative estimate of drug-likeness (QED) is 0.577. The fraction of sp³-hybridized carbons (Fsp3) is 0.643. The second-order valence-electron chi connectivity index (χ2n) is 10.9. The summed E-state index contributed by atoms with van der Waals surface area (Å²) in [7, 11) is 0. The van der Waals surface area contributed by atoms with Gasteiger partial charge in [-0.2, -0.15) is 0 Å². The number of aromatic nitrogens is 1. The SMILES string of the molecule is CCCN1CCN(CCCN2C(=O)c3ccc(-c4ccco4)n3CC2(C)C(=O)NC2CCCC2)CC1. The largest absolute Gasteiger partial charge is 0.463 e. The van der Waals surface area contributed by atoms with Crippen LogP contribution in [0.5, 0.6) is 0 Å². The van der Waals surface area contributed by atoms with Crippen LogP contribution in [0.3, 0.4) is 0 Å². The fourth-order valence-corrected chi connectivity index (χ4v) is 6.18. The van der Waals surface area contributed by atoms with Crippen LogP contribution in [-0.4, -0.2) is 88.5 Å². The van der Waals surface area contributed by atoms with Crippen molar-refractivity contribution in [2.24, 2.45) is 0 Å². The van der Waals surface area contributed by atoms with Gasteiger partial charge in [-0.3, -0.25) is 9.59 Å². The van der Waals surface area contributed by atoms with Gasteiger partial charge in [0.1, 0.15) is 17.0 Å². The predicted octanol–water partition coefficient (Wildman–Crippen LogP) is 3.44. The number of nitrogens with zero attached hydrogens (tertiary/aromatic N) is 4. The summed E-state index contributed by atoms with van der Waals surface area (Å²) in [5, 5.41) is 3.29. The van der Waals surface area contributed by atoms with Crippen LogP contribution in [0.15, 0.2) is 34.9 Å². The average Bonchev–Trinajstić information content (AvgIpc) is 3.64. The second-order valence-corrected chi connectivity index (χ2v) is 10.9. The Labute approximate surface area is 214 Å². The third kappa shape index (κ3) is 4.98. The first-order valence-electron chi connectivity index (χ1n) is 13.8. The zero-order valence-electron chi connectivity index (χ0n) is 21.9. The molecule has 2 aromatic rings. The summed E-state index contributed by atoms with van der Waals surface area (Å²) in [6, 6.07) is 7.76. The Morgan fingerprint density at radius 3 is 2.39 bits per heavy atom. The maximum absolute atomic E-state index is 13.8. The molecule has 1 saturated heterocycles. The topological polar surface area (TPSA) is 74.0 Å². The molecule has 1 aliphatic carbocycles. The van der Waals surface area contributed by atoms with E-state index in [2.05, 4.69) is 22.0 Å². The number of furan rings is 1. The van der Waals surface area contributed by atoms with Crippen LogP contribution in [-0.2, 0) is 11.3 Å². The van der Waals surface area contributed by atoms with Gasteiger partial charge >= 0.3 is 0 Å². The van der Waals surface area contributed by atoms with E-state index in [0.717, 1.165) is 70.5 Å². The number of hydrogen-bond donors (Lipinski definition) is 1. The lowest BCUT2D eigenvalue weighted by atomic mass is 9.93. The summed E-state index contributed by atoms with van der Waals surface area (Å²) in [4.78, 5) is 34.5. The van der Waals surface area contributed by atoms with E-state index in [1.807, 2.05) is 40.7 Å². The van der Waals surface area contributed by atoms with E-state index in [1.54, 1.807) is 6.26 Å². The molecule has 0 aromatic carbocycles. The van der Waals surface area contributed by atoms with Crippen molar-refractivity contribution in [1.82, 2.24) is 24.6 Å². The van der Waals surface area contributed by atoms with Gasteiger partial charge in [0.2, 0.25) is 5.91 Å². The van der Waals surface area contributed by atoms with Gasteiger partial charge in [-0.1, -0.05) is 19.8 Å². The summed E-state index contributed by atoms with van der Waals surface area (Å²) >= 11 is 0. The summed E-state index contributed by atoms with van der Waals surface area (Å²) in [5.41, 5.74) is 0.515. The molecule has 1 N–H and O–H groups in total. The number of hydrogen-bond acceptors (Lipinski definition) is 5. The number of carbonyl (C=O) groups excluding carboxylic acids is 2. The zero-order valence-corrected chi connectivity index (χ0v) is 21.9. The smallest absolute Gasteiger partial charge is 0.271 e. The van der Waals surface area contributed by atoms with Crippen molar-refractivity contribution in [3.8, 4) is 11.5 Å². The van der Waals surface area contributed by atoms with Gasteiger partial charge in [0.25, 0.3) is 5.91 Å². The van der Waals surface area contributed by atoms with Gasteiger partial charge in [0.05, 0.1) is 18.5 Å². The molecule has 8 heteroatoms. The molecule has 1 saturated carbocycles. The van der Waals surface area contributed by atoms with Crippen molar-refractivity contribution in [2.75, 3.05) is 45.8 Å². The highest BCUT2D eigenvalue weighted by Gasteiger charge is 2.48. The summed E-state index contributed by atoms with van der Waals surface area (Å²) < 4.78 is 7.61. The minimum atomic E-state index is -0.952. The summed E-state index contributed by atoms with van der Waals surface area (Å²) in [6.45, 7) is 11.7. The van der Waals surface area contributed by atoms with E-state index in [4.69, 9.17) is 4.42 Å². The molecule has 5 rings (SSSR count). The normalized spacial score (nSPS) is 23.8. The second kappa shape index (κ2) is 10.8. The van der Waals surface area contributed by atoms with Gasteiger partial charge < -0.3 is 29.0 Å². The fourth-order valence-electron chi connectivity index (χ4n) is 6.18. The van der Waals surface area contributed by atoms with Crippen molar-refractivity contribution >= 4 is 11.8 Å². The van der Waals surface area contributed by atoms with Crippen LogP contribution in [0.2, 0.25) is 0 Å². The van der Waals surface area contributed by atoms with E-state index in [-0.39, 0.29) is 17.9 Å². The third-order valence-corrected chi connectivity index (χ3v) is 8.32.